The van der Waals surface area contributed by atoms with Gasteiger partial charge in [-0.25, -0.2) is 4.79 Å². The summed E-state index contributed by atoms with van der Waals surface area (Å²) in [5.41, 5.74) is 0. The molecule has 1 aliphatic heterocycles. The molecule has 1 saturated heterocycles. The first-order chi connectivity index (χ1) is 6.63. The van der Waals surface area contributed by atoms with E-state index in [1.165, 1.54) is 0 Å². The highest BCUT2D eigenvalue weighted by atomic mass is 35.5. The number of ether oxygens (including phenoxy) is 2. The number of carbonyl (C=O) groups excluding carboxylic acids is 1. The van der Waals surface area contributed by atoms with Crippen molar-refractivity contribution in [3.05, 3.63) is 0 Å². The molecule has 1 amide bonds. The first-order valence-corrected chi connectivity index (χ1v) is 4.53. The van der Waals surface area contributed by atoms with Crippen molar-refractivity contribution in [1.29, 1.82) is 0 Å². The summed E-state index contributed by atoms with van der Waals surface area (Å²) in [6.07, 6.45) is -2.09. The number of halogens is 1. The van der Waals surface area contributed by atoms with Crippen LogP contribution in [0.15, 0.2) is 0 Å². The van der Waals surface area contributed by atoms with Crippen molar-refractivity contribution in [3.8, 4) is 0 Å². The molecule has 14 heavy (non-hydrogen) atoms. The number of carbonyl (C=O) groups is 2. The monoisotopic (exact) mass is 223 g/mol. The second-order valence-corrected chi connectivity index (χ2v) is 3.06. The molecule has 0 aromatic carbocycles. The van der Waals surface area contributed by atoms with Crippen molar-refractivity contribution < 1.29 is 24.2 Å². The van der Waals surface area contributed by atoms with E-state index in [4.69, 9.17) is 26.2 Å². The Kier molecular flexibility index (Phi) is 3.97. The molecular formula is C7H10ClNO5. The highest BCUT2D eigenvalue weighted by Crippen LogP contribution is 2.16. The Labute approximate surface area is 85.1 Å². The lowest BCUT2D eigenvalue weighted by Crippen LogP contribution is -2.41. The molecule has 2 atom stereocenters. The van der Waals surface area contributed by atoms with Gasteiger partial charge in [-0.05, 0) is 0 Å². The van der Waals surface area contributed by atoms with Gasteiger partial charge in [0.1, 0.15) is 6.04 Å². The third-order valence-electron chi connectivity index (χ3n) is 1.63. The fraction of sp³-hybridized carbons (Fsp3) is 0.714. The Morgan fingerprint density at radius 2 is 2.50 bits per heavy atom. The van der Waals surface area contributed by atoms with Gasteiger partial charge in [-0.1, -0.05) is 0 Å². The summed E-state index contributed by atoms with van der Waals surface area (Å²) in [5.74, 6) is -0.225. The van der Waals surface area contributed by atoms with E-state index in [1.54, 1.807) is 0 Å². The van der Waals surface area contributed by atoms with E-state index < -0.39 is 24.4 Å². The van der Waals surface area contributed by atoms with Crippen LogP contribution in [0.25, 0.3) is 0 Å². The Morgan fingerprint density at radius 3 is 3.07 bits per heavy atom. The van der Waals surface area contributed by atoms with Gasteiger partial charge in [-0.3, -0.25) is 4.79 Å². The molecule has 0 spiro atoms. The number of nitrogens with one attached hydrogen (secondary N) is 1. The van der Waals surface area contributed by atoms with Gasteiger partial charge in [0.05, 0.1) is 13.0 Å². The van der Waals surface area contributed by atoms with Crippen LogP contribution in [0.2, 0.25) is 0 Å². The lowest BCUT2D eigenvalue weighted by Gasteiger charge is -2.16. The quantitative estimate of drug-likeness (QED) is 0.524. The Bertz CT molecular complexity index is 234. The summed E-state index contributed by atoms with van der Waals surface area (Å²) in [7, 11) is 0. The predicted molar refractivity (Wildman–Crippen MR) is 46.1 cm³/mol. The Morgan fingerprint density at radius 1 is 1.79 bits per heavy atom. The summed E-state index contributed by atoms with van der Waals surface area (Å²) in [6, 6.07) is -0.650. The van der Waals surface area contributed by atoms with Crippen LogP contribution in [0.4, 0.5) is 4.79 Å². The van der Waals surface area contributed by atoms with E-state index in [1.807, 2.05) is 0 Å². The minimum absolute atomic E-state index is 0.0146. The van der Waals surface area contributed by atoms with Gasteiger partial charge in [-0.2, -0.15) is 0 Å². The molecule has 0 radical (unpaired) electrons. The first kappa shape index (κ1) is 11.1. The van der Waals surface area contributed by atoms with E-state index in [2.05, 4.69) is 5.32 Å². The highest BCUT2D eigenvalue weighted by molar-refractivity contribution is 6.17. The maximum absolute atomic E-state index is 10.8. The minimum atomic E-state index is -1.22. The van der Waals surface area contributed by atoms with Gasteiger partial charge in [0.15, 0.2) is 0 Å². The number of rotatable bonds is 4. The summed E-state index contributed by atoms with van der Waals surface area (Å²) in [4.78, 5) is 21.2. The van der Waals surface area contributed by atoms with Crippen LogP contribution in [0.3, 0.4) is 0 Å². The SMILES string of the molecule is O=C(O)NC1CC(=O)OC1OCCCl. The van der Waals surface area contributed by atoms with E-state index in [9.17, 15) is 9.59 Å². The van der Waals surface area contributed by atoms with Crippen molar-refractivity contribution in [2.24, 2.45) is 0 Å². The van der Waals surface area contributed by atoms with E-state index >= 15 is 0 Å². The van der Waals surface area contributed by atoms with E-state index in [0.29, 0.717) is 0 Å². The lowest BCUT2D eigenvalue weighted by molar-refractivity contribution is -0.163. The van der Waals surface area contributed by atoms with Gasteiger partial charge in [0, 0.05) is 5.88 Å². The number of carboxylic acid groups (broad SMARTS) is 1. The molecule has 0 bridgehead atoms. The van der Waals surface area contributed by atoms with E-state index in [0.717, 1.165) is 0 Å². The zero-order valence-corrected chi connectivity index (χ0v) is 7.99. The lowest BCUT2D eigenvalue weighted by atomic mass is 10.2. The number of hydrogen-bond donors (Lipinski definition) is 2. The molecule has 80 valence electrons. The van der Waals surface area contributed by atoms with Gasteiger partial charge < -0.3 is 19.9 Å². The minimum Gasteiger partial charge on any atom is -0.465 e. The number of cyclic esters (lactones) is 1. The zero-order chi connectivity index (χ0) is 10.6. The van der Waals surface area contributed by atoms with E-state index in [-0.39, 0.29) is 18.9 Å². The van der Waals surface area contributed by atoms with Crippen LogP contribution in [0.5, 0.6) is 0 Å². The van der Waals surface area contributed by atoms with Crippen LogP contribution in [-0.2, 0) is 14.3 Å². The fourth-order valence-electron chi connectivity index (χ4n) is 1.12. The van der Waals surface area contributed by atoms with Crippen molar-refractivity contribution in [2.75, 3.05) is 12.5 Å². The van der Waals surface area contributed by atoms with Crippen molar-refractivity contribution >= 4 is 23.7 Å². The topological polar surface area (TPSA) is 84.9 Å². The molecule has 2 unspecified atom stereocenters. The molecule has 1 heterocycles. The summed E-state index contributed by atoms with van der Waals surface area (Å²) >= 11 is 5.37. The smallest absolute Gasteiger partial charge is 0.405 e. The fourth-order valence-corrected chi connectivity index (χ4v) is 1.21. The normalized spacial score (nSPS) is 25.9. The second-order valence-electron chi connectivity index (χ2n) is 2.68. The van der Waals surface area contributed by atoms with Crippen LogP contribution in [0.1, 0.15) is 6.42 Å². The molecule has 1 rings (SSSR count). The summed E-state index contributed by atoms with van der Waals surface area (Å²) in [6.45, 7) is 0.206. The molecule has 6 nitrogen and oxygen atoms in total. The molecule has 7 heteroatoms. The molecule has 0 aliphatic carbocycles. The zero-order valence-electron chi connectivity index (χ0n) is 7.23. The highest BCUT2D eigenvalue weighted by Gasteiger charge is 2.36. The first-order valence-electron chi connectivity index (χ1n) is 4.00. The van der Waals surface area contributed by atoms with Crippen molar-refractivity contribution in [3.63, 3.8) is 0 Å². The van der Waals surface area contributed by atoms with Gasteiger partial charge in [0.25, 0.3) is 0 Å². The number of alkyl halides is 1. The van der Waals surface area contributed by atoms with Crippen LogP contribution < -0.4 is 5.32 Å². The van der Waals surface area contributed by atoms with Gasteiger partial charge in [-0.15, -0.1) is 11.6 Å². The van der Waals surface area contributed by atoms with Crippen LogP contribution >= 0.6 is 11.6 Å². The molecule has 0 aromatic rings. The molecule has 1 aliphatic rings. The van der Waals surface area contributed by atoms with Crippen molar-refractivity contribution in [2.45, 2.75) is 18.8 Å². The largest absolute Gasteiger partial charge is 0.465 e. The number of amides is 1. The average Bonchev–Trinajstić information content (AvgIpc) is 2.41. The number of hydrogen-bond acceptors (Lipinski definition) is 4. The molecule has 1 fully saturated rings. The third kappa shape index (κ3) is 3.04. The standard InChI is InChI=1S/C7H10ClNO5/c8-1-2-13-6-4(9-7(11)12)3-5(10)14-6/h4,6,9H,1-3H2,(H,11,12). The summed E-state index contributed by atoms with van der Waals surface area (Å²) < 4.78 is 9.77. The Hall–Kier alpha value is -1.01. The molecular weight excluding hydrogens is 214 g/mol. The maximum Gasteiger partial charge on any atom is 0.405 e. The molecule has 2 N–H and O–H groups in total. The van der Waals surface area contributed by atoms with Crippen LogP contribution in [-0.4, -0.2) is 42.0 Å². The van der Waals surface area contributed by atoms with Crippen molar-refractivity contribution in [1.82, 2.24) is 5.32 Å². The third-order valence-corrected chi connectivity index (χ3v) is 1.79. The maximum atomic E-state index is 10.8. The molecule has 0 aromatic heterocycles. The second kappa shape index (κ2) is 5.02. The average molecular weight is 224 g/mol. The van der Waals surface area contributed by atoms with Gasteiger partial charge >= 0.3 is 12.1 Å². The van der Waals surface area contributed by atoms with Crippen LogP contribution in [0, 0.1) is 0 Å². The summed E-state index contributed by atoms with van der Waals surface area (Å²) in [5, 5.41) is 10.6. The van der Waals surface area contributed by atoms with Gasteiger partial charge in [0.2, 0.25) is 6.29 Å². The Balaban J connectivity index is 2.44. The molecule has 0 saturated carbocycles. The predicted octanol–water partition coefficient (Wildman–Crippen LogP) is 0.151. The number of esters is 1.